The molecule has 92 valence electrons. The molecule has 2 unspecified atom stereocenters. The van der Waals surface area contributed by atoms with Gasteiger partial charge < -0.3 is 10.5 Å². The van der Waals surface area contributed by atoms with Crippen molar-refractivity contribution in [3.63, 3.8) is 0 Å². The van der Waals surface area contributed by atoms with E-state index in [0.29, 0.717) is 6.04 Å². The van der Waals surface area contributed by atoms with Crippen LogP contribution in [-0.4, -0.2) is 38.3 Å². The van der Waals surface area contributed by atoms with Crippen LogP contribution in [0.25, 0.3) is 0 Å². The van der Waals surface area contributed by atoms with Crippen molar-refractivity contribution in [1.29, 1.82) is 0 Å². The van der Waals surface area contributed by atoms with Crippen molar-refractivity contribution in [2.75, 3.05) is 27.3 Å². The number of nitrogens with two attached hydrogens (primary N) is 1. The van der Waals surface area contributed by atoms with Gasteiger partial charge in [-0.2, -0.15) is 11.3 Å². The molecule has 0 aliphatic rings. The highest BCUT2D eigenvalue weighted by Crippen LogP contribution is 2.25. The number of nitrogens with zero attached hydrogens (tertiary/aromatic N) is 1. The van der Waals surface area contributed by atoms with Crippen molar-refractivity contribution in [2.45, 2.75) is 25.4 Å². The van der Waals surface area contributed by atoms with Crippen LogP contribution in [0.4, 0.5) is 0 Å². The van der Waals surface area contributed by atoms with Crippen molar-refractivity contribution < 1.29 is 4.74 Å². The van der Waals surface area contributed by atoms with Crippen LogP contribution in [0.5, 0.6) is 0 Å². The Balaban J connectivity index is 2.71. The maximum absolute atomic E-state index is 6.20. The van der Waals surface area contributed by atoms with Crippen LogP contribution < -0.4 is 5.73 Å². The molecule has 0 fully saturated rings. The smallest absolute Gasteiger partial charge is 0.0589 e. The zero-order chi connectivity index (χ0) is 12.0. The number of hydrogen-bond donors (Lipinski definition) is 1. The lowest BCUT2D eigenvalue weighted by molar-refractivity contribution is 0.128. The van der Waals surface area contributed by atoms with Crippen LogP contribution in [-0.2, 0) is 4.74 Å². The van der Waals surface area contributed by atoms with E-state index in [0.717, 1.165) is 19.6 Å². The molecule has 0 spiro atoms. The van der Waals surface area contributed by atoms with Crippen molar-refractivity contribution in [3.05, 3.63) is 22.4 Å². The summed E-state index contributed by atoms with van der Waals surface area (Å²) in [6, 6.07) is 2.64. The second kappa shape index (κ2) is 7.01. The summed E-state index contributed by atoms with van der Waals surface area (Å²) in [6.45, 7) is 3.78. The van der Waals surface area contributed by atoms with E-state index in [-0.39, 0.29) is 6.04 Å². The fourth-order valence-electron chi connectivity index (χ4n) is 1.87. The van der Waals surface area contributed by atoms with Gasteiger partial charge >= 0.3 is 0 Å². The van der Waals surface area contributed by atoms with Gasteiger partial charge in [0.25, 0.3) is 0 Å². The largest absolute Gasteiger partial charge is 0.383 e. The number of methoxy groups -OCH3 is 1. The van der Waals surface area contributed by atoms with Gasteiger partial charge in [0.15, 0.2) is 0 Å². The SMILES string of the molecule is CCC(N)C(c1ccsc1)N(C)CCOC. The zero-order valence-electron chi connectivity index (χ0n) is 10.3. The molecule has 0 bridgehead atoms. The highest BCUT2D eigenvalue weighted by atomic mass is 32.1. The quantitative estimate of drug-likeness (QED) is 0.796. The third-order valence-corrected chi connectivity index (χ3v) is 3.59. The summed E-state index contributed by atoms with van der Waals surface area (Å²) < 4.78 is 5.11. The van der Waals surface area contributed by atoms with Gasteiger partial charge in [-0.1, -0.05) is 6.92 Å². The van der Waals surface area contributed by atoms with Gasteiger partial charge in [0, 0.05) is 19.7 Å². The number of rotatable bonds is 7. The van der Waals surface area contributed by atoms with E-state index in [2.05, 4.69) is 35.7 Å². The zero-order valence-corrected chi connectivity index (χ0v) is 11.2. The molecule has 1 rings (SSSR count). The molecule has 0 aromatic carbocycles. The second-order valence-corrected chi connectivity index (χ2v) is 4.83. The number of ether oxygens (including phenoxy) is 1. The van der Waals surface area contributed by atoms with Crippen LogP contribution in [0.2, 0.25) is 0 Å². The molecule has 2 atom stereocenters. The Morgan fingerprint density at radius 1 is 1.56 bits per heavy atom. The van der Waals surface area contributed by atoms with Crippen molar-refractivity contribution in [2.24, 2.45) is 5.73 Å². The fourth-order valence-corrected chi connectivity index (χ4v) is 2.56. The molecular formula is C12H22N2OS. The third kappa shape index (κ3) is 3.56. The summed E-state index contributed by atoms with van der Waals surface area (Å²) in [7, 11) is 3.84. The number of likely N-dealkylation sites (N-methyl/N-ethyl adjacent to an activating group) is 1. The summed E-state index contributed by atoms with van der Waals surface area (Å²) >= 11 is 1.72. The van der Waals surface area contributed by atoms with Crippen LogP contribution in [0.3, 0.4) is 0 Å². The Morgan fingerprint density at radius 3 is 2.81 bits per heavy atom. The van der Waals surface area contributed by atoms with Gasteiger partial charge in [0.2, 0.25) is 0 Å². The summed E-state index contributed by atoms with van der Waals surface area (Å²) in [6.07, 6.45) is 0.984. The van der Waals surface area contributed by atoms with Crippen LogP contribution in [0.1, 0.15) is 24.9 Å². The summed E-state index contributed by atoms with van der Waals surface area (Å²) in [5, 5.41) is 4.29. The highest BCUT2D eigenvalue weighted by Gasteiger charge is 2.22. The Labute approximate surface area is 102 Å². The molecule has 1 heterocycles. The second-order valence-electron chi connectivity index (χ2n) is 4.05. The van der Waals surface area contributed by atoms with E-state index in [4.69, 9.17) is 10.5 Å². The molecule has 1 aromatic heterocycles. The summed E-state index contributed by atoms with van der Waals surface area (Å²) in [5.41, 5.74) is 7.52. The molecule has 0 radical (unpaired) electrons. The minimum absolute atomic E-state index is 0.177. The molecule has 3 nitrogen and oxygen atoms in total. The Hall–Kier alpha value is -0.420. The first kappa shape index (κ1) is 13.6. The first-order chi connectivity index (χ1) is 7.70. The molecule has 16 heavy (non-hydrogen) atoms. The Bertz CT molecular complexity index is 277. The normalized spacial score (nSPS) is 15.3. The van der Waals surface area contributed by atoms with Gasteiger partial charge in [0.1, 0.15) is 0 Å². The average Bonchev–Trinajstić information content (AvgIpc) is 2.79. The van der Waals surface area contributed by atoms with E-state index in [9.17, 15) is 0 Å². The average molecular weight is 242 g/mol. The monoisotopic (exact) mass is 242 g/mol. The molecule has 0 saturated carbocycles. The lowest BCUT2D eigenvalue weighted by Gasteiger charge is -2.31. The standard InChI is InChI=1S/C12H22N2OS/c1-4-11(13)12(10-5-8-16-9-10)14(2)6-7-15-3/h5,8-9,11-12H,4,6-7,13H2,1-3H3. The van der Waals surface area contributed by atoms with Gasteiger partial charge in [-0.05, 0) is 35.9 Å². The van der Waals surface area contributed by atoms with E-state index < -0.39 is 0 Å². The molecule has 0 aliphatic carbocycles. The van der Waals surface area contributed by atoms with Gasteiger partial charge in [-0.3, -0.25) is 4.90 Å². The van der Waals surface area contributed by atoms with Crippen molar-refractivity contribution in [3.8, 4) is 0 Å². The summed E-state index contributed by atoms with van der Waals surface area (Å²) in [5.74, 6) is 0. The van der Waals surface area contributed by atoms with Crippen molar-refractivity contribution in [1.82, 2.24) is 4.90 Å². The minimum atomic E-state index is 0.177. The first-order valence-electron chi connectivity index (χ1n) is 5.67. The predicted molar refractivity (Wildman–Crippen MR) is 69.8 cm³/mol. The maximum atomic E-state index is 6.20. The minimum Gasteiger partial charge on any atom is -0.383 e. The lowest BCUT2D eigenvalue weighted by atomic mass is 9.99. The lowest BCUT2D eigenvalue weighted by Crippen LogP contribution is -2.40. The van der Waals surface area contributed by atoms with Gasteiger partial charge in [-0.25, -0.2) is 0 Å². The summed E-state index contributed by atoms with van der Waals surface area (Å²) in [4.78, 5) is 2.28. The van der Waals surface area contributed by atoms with Crippen LogP contribution in [0.15, 0.2) is 16.8 Å². The Kier molecular flexibility index (Phi) is 5.98. The number of thiophene rings is 1. The van der Waals surface area contributed by atoms with E-state index in [1.165, 1.54) is 5.56 Å². The van der Waals surface area contributed by atoms with E-state index in [1.54, 1.807) is 18.4 Å². The molecule has 0 aliphatic heterocycles. The van der Waals surface area contributed by atoms with E-state index in [1.807, 2.05) is 0 Å². The molecule has 2 N–H and O–H groups in total. The third-order valence-electron chi connectivity index (χ3n) is 2.88. The predicted octanol–water partition coefficient (Wildman–Crippen LogP) is 2.10. The highest BCUT2D eigenvalue weighted by molar-refractivity contribution is 7.07. The maximum Gasteiger partial charge on any atom is 0.0589 e. The van der Waals surface area contributed by atoms with Crippen LogP contribution in [0, 0.1) is 0 Å². The van der Waals surface area contributed by atoms with Gasteiger partial charge in [0.05, 0.1) is 12.6 Å². The number of hydrogen-bond acceptors (Lipinski definition) is 4. The first-order valence-corrected chi connectivity index (χ1v) is 6.61. The molecule has 1 aromatic rings. The molecular weight excluding hydrogens is 220 g/mol. The van der Waals surface area contributed by atoms with E-state index >= 15 is 0 Å². The van der Waals surface area contributed by atoms with Gasteiger partial charge in [-0.15, -0.1) is 0 Å². The van der Waals surface area contributed by atoms with Crippen molar-refractivity contribution >= 4 is 11.3 Å². The molecule has 0 saturated heterocycles. The Morgan fingerprint density at radius 2 is 2.31 bits per heavy atom. The molecule has 0 amide bonds. The fraction of sp³-hybridized carbons (Fsp3) is 0.667. The molecule has 4 heteroatoms. The topological polar surface area (TPSA) is 38.5 Å². The van der Waals surface area contributed by atoms with Crippen LogP contribution >= 0.6 is 11.3 Å².